The van der Waals surface area contributed by atoms with E-state index >= 15 is 0 Å². The normalized spacial score (nSPS) is 11.6. The Morgan fingerprint density at radius 3 is 2.56 bits per heavy atom. The maximum absolute atomic E-state index is 12.1. The molecule has 1 unspecified atom stereocenters. The number of hydrogen-bond donors (Lipinski definition) is 3. The summed E-state index contributed by atoms with van der Waals surface area (Å²) in [4.78, 5) is 38.3. The number of carbonyl (C=O) groups is 3. The molecule has 0 spiro atoms. The second kappa shape index (κ2) is 8.93. The van der Waals surface area contributed by atoms with Gasteiger partial charge in [-0.05, 0) is 5.56 Å². The first-order valence-corrected chi connectivity index (χ1v) is 8.60. The van der Waals surface area contributed by atoms with E-state index in [1.165, 1.54) is 23.6 Å². The van der Waals surface area contributed by atoms with Gasteiger partial charge >= 0.3 is 5.97 Å². The number of benzene rings is 1. The van der Waals surface area contributed by atoms with Gasteiger partial charge in [0.25, 0.3) is 0 Å². The molecule has 0 radical (unpaired) electrons. The third kappa shape index (κ3) is 6.00. The second-order valence-electron chi connectivity index (χ2n) is 5.40. The van der Waals surface area contributed by atoms with Crippen molar-refractivity contribution in [2.24, 2.45) is 0 Å². The number of carboxylic acid groups (broad SMARTS) is 1. The zero-order chi connectivity index (χ0) is 18.2. The van der Waals surface area contributed by atoms with Gasteiger partial charge in [0.15, 0.2) is 5.69 Å². The van der Waals surface area contributed by atoms with Crippen LogP contribution in [0.1, 0.15) is 40.4 Å². The summed E-state index contributed by atoms with van der Waals surface area (Å²) < 4.78 is 0. The highest BCUT2D eigenvalue weighted by Gasteiger charge is 2.17. The van der Waals surface area contributed by atoms with E-state index in [1.54, 1.807) is 0 Å². The molecule has 1 aromatic carbocycles. The Labute approximate surface area is 149 Å². The molecule has 25 heavy (non-hydrogen) atoms. The van der Waals surface area contributed by atoms with Gasteiger partial charge in [-0.3, -0.25) is 9.59 Å². The lowest BCUT2D eigenvalue weighted by Crippen LogP contribution is -2.33. The van der Waals surface area contributed by atoms with E-state index < -0.39 is 12.0 Å². The third-order valence-electron chi connectivity index (χ3n) is 3.40. The fourth-order valence-electron chi connectivity index (χ4n) is 2.27. The van der Waals surface area contributed by atoms with Crippen molar-refractivity contribution in [3.63, 3.8) is 0 Å². The molecule has 2 amide bonds. The van der Waals surface area contributed by atoms with Crippen LogP contribution >= 0.6 is 11.3 Å². The summed E-state index contributed by atoms with van der Waals surface area (Å²) in [5.41, 5.74) is 0.875. The van der Waals surface area contributed by atoms with Crippen LogP contribution in [0, 0.1) is 0 Å². The summed E-state index contributed by atoms with van der Waals surface area (Å²) in [7, 11) is 0. The minimum Gasteiger partial charge on any atom is -0.476 e. The molecule has 0 aliphatic carbocycles. The fourth-order valence-corrected chi connectivity index (χ4v) is 3.05. The van der Waals surface area contributed by atoms with Gasteiger partial charge in [0.2, 0.25) is 11.8 Å². The Morgan fingerprint density at radius 1 is 1.24 bits per heavy atom. The number of nitrogens with zero attached hydrogens (tertiary/aromatic N) is 1. The number of carboxylic acids is 1. The number of rotatable bonds is 8. The number of amides is 2. The molecule has 8 heteroatoms. The van der Waals surface area contributed by atoms with Crippen molar-refractivity contribution >= 4 is 29.1 Å². The predicted octanol–water partition coefficient (Wildman–Crippen LogP) is 1.77. The zero-order valence-corrected chi connectivity index (χ0v) is 14.5. The standard InChI is InChI=1S/C17H19N3O4S/c1-11(21)19-13(12-5-3-2-4-6-12)9-15(22)18-8-7-16-20-14(10-25-16)17(23)24/h2-6,10,13H,7-9H2,1H3,(H,18,22)(H,19,21)(H,23,24). The highest BCUT2D eigenvalue weighted by molar-refractivity contribution is 7.09. The molecule has 1 atom stereocenters. The minimum absolute atomic E-state index is 0.0149. The lowest BCUT2D eigenvalue weighted by Gasteiger charge is -2.18. The van der Waals surface area contributed by atoms with Crippen molar-refractivity contribution in [3.8, 4) is 0 Å². The molecule has 0 aliphatic heterocycles. The van der Waals surface area contributed by atoms with Gasteiger partial charge < -0.3 is 15.7 Å². The molecule has 0 fully saturated rings. The Hall–Kier alpha value is -2.74. The largest absolute Gasteiger partial charge is 0.476 e. The summed E-state index contributed by atoms with van der Waals surface area (Å²) in [6.45, 7) is 1.77. The monoisotopic (exact) mass is 361 g/mol. The van der Waals surface area contributed by atoms with Crippen LogP contribution in [0.15, 0.2) is 35.7 Å². The van der Waals surface area contributed by atoms with E-state index in [0.717, 1.165) is 5.56 Å². The molecular weight excluding hydrogens is 342 g/mol. The summed E-state index contributed by atoms with van der Waals surface area (Å²) in [6, 6.07) is 8.90. The molecular formula is C17H19N3O4S. The lowest BCUT2D eigenvalue weighted by atomic mass is 10.0. The van der Waals surface area contributed by atoms with Gasteiger partial charge in [-0.25, -0.2) is 9.78 Å². The Kier molecular flexibility index (Phi) is 6.64. The second-order valence-corrected chi connectivity index (χ2v) is 6.34. The molecule has 0 saturated carbocycles. The van der Waals surface area contributed by atoms with E-state index in [1.807, 2.05) is 30.3 Å². The molecule has 2 rings (SSSR count). The van der Waals surface area contributed by atoms with Gasteiger partial charge in [-0.1, -0.05) is 30.3 Å². The Balaban J connectivity index is 1.86. The van der Waals surface area contributed by atoms with E-state index in [2.05, 4.69) is 15.6 Å². The summed E-state index contributed by atoms with van der Waals surface area (Å²) >= 11 is 1.25. The average molecular weight is 361 g/mol. The molecule has 0 bridgehead atoms. The SMILES string of the molecule is CC(=O)NC(CC(=O)NCCc1nc(C(=O)O)cs1)c1ccccc1. The first kappa shape index (κ1) is 18.6. The van der Waals surface area contributed by atoms with E-state index in [-0.39, 0.29) is 23.9 Å². The lowest BCUT2D eigenvalue weighted by molar-refractivity contribution is -0.122. The quantitative estimate of drug-likeness (QED) is 0.664. The molecule has 3 N–H and O–H groups in total. The number of nitrogens with one attached hydrogen (secondary N) is 2. The number of aromatic carboxylic acids is 1. The van der Waals surface area contributed by atoms with Crippen LogP contribution in [0.3, 0.4) is 0 Å². The van der Waals surface area contributed by atoms with Crippen LogP contribution in [0.5, 0.6) is 0 Å². The van der Waals surface area contributed by atoms with Gasteiger partial charge in [0.1, 0.15) is 0 Å². The van der Waals surface area contributed by atoms with Crippen LogP contribution in [-0.2, 0) is 16.0 Å². The molecule has 0 aliphatic rings. The summed E-state index contributed by atoms with van der Waals surface area (Å²) in [5, 5.41) is 16.5. The van der Waals surface area contributed by atoms with E-state index in [0.29, 0.717) is 18.0 Å². The Bertz CT molecular complexity index is 745. The number of aromatic nitrogens is 1. The highest BCUT2D eigenvalue weighted by atomic mass is 32.1. The van der Waals surface area contributed by atoms with Crippen LogP contribution in [0.4, 0.5) is 0 Å². The number of carbonyl (C=O) groups excluding carboxylic acids is 2. The van der Waals surface area contributed by atoms with Crippen molar-refractivity contribution in [1.29, 1.82) is 0 Å². The maximum Gasteiger partial charge on any atom is 0.355 e. The molecule has 7 nitrogen and oxygen atoms in total. The van der Waals surface area contributed by atoms with Crippen molar-refractivity contribution in [2.75, 3.05) is 6.54 Å². The number of thiazole rings is 1. The van der Waals surface area contributed by atoms with Gasteiger partial charge in [0, 0.05) is 25.3 Å². The van der Waals surface area contributed by atoms with Gasteiger partial charge in [-0.15, -0.1) is 11.3 Å². The minimum atomic E-state index is -1.06. The highest BCUT2D eigenvalue weighted by Crippen LogP contribution is 2.16. The van der Waals surface area contributed by atoms with Gasteiger partial charge in [0.05, 0.1) is 17.5 Å². The smallest absolute Gasteiger partial charge is 0.355 e. The van der Waals surface area contributed by atoms with Crippen molar-refractivity contribution < 1.29 is 19.5 Å². The topological polar surface area (TPSA) is 108 Å². The Morgan fingerprint density at radius 2 is 1.96 bits per heavy atom. The fraction of sp³-hybridized carbons (Fsp3) is 0.294. The third-order valence-corrected chi connectivity index (χ3v) is 4.31. The van der Waals surface area contributed by atoms with Gasteiger partial charge in [-0.2, -0.15) is 0 Å². The summed E-state index contributed by atoms with van der Waals surface area (Å²) in [5.74, 6) is -1.46. The van der Waals surface area contributed by atoms with Crippen LogP contribution < -0.4 is 10.6 Å². The molecule has 1 aromatic heterocycles. The maximum atomic E-state index is 12.1. The summed E-state index contributed by atoms with van der Waals surface area (Å²) in [6.07, 6.45) is 0.585. The molecule has 132 valence electrons. The van der Waals surface area contributed by atoms with Crippen molar-refractivity contribution in [2.45, 2.75) is 25.8 Å². The van der Waals surface area contributed by atoms with Crippen LogP contribution in [-0.4, -0.2) is 34.4 Å². The zero-order valence-electron chi connectivity index (χ0n) is 13.7. The van der Waals surface area contributed by atoms with Crippen LogP contribution in [0.25, 0.3) is 0 Å². The number of hydrogen-bond acceptors (Lipinski definition) is 5. The predicted molar refractivity (Wildman–Crippen MR) is 93.4 cm³/mol. The molecule has 1 heterocycles. The van der Waals surface area contributed by atoms with Crippen molar-refractivity contribution in [1.82, 2.24) is 15.6 Å². The average Bonchev–Trinajstić information content (AvgIpc) is 3.04. The van der Waals surface area contributed by atoms with E-state index in [4.69, 9.17) is 5.11 Å². The molecule has 2 aromatic rings. The first-order valence-electron chi connectivity index (χ1n) is 7.72. The van der Waals surface area contributed by atoms with Crippen molar-refractivity contribution in [3.05, 3.63) is 52.0 Å². The molecule has 0 saturated heterocycles. The van der Waals surface area contributed by atoms with E-state index in [9.17, 15) is 14.4 Å². The first-order chi connectivity index (χ1) is 12.0. The van der Waals surface area contributed by atoms with Crippen LogP contribution in [0.2, 0.25) is 0 Å².